The van der Waals surface area contributed by atoms with Crippen molar-refractivity contribution in [1.29, 1.82) is 0 Å². The van der Waals surface area contributed by atoms with Gasteiger partial charge in [0, 0.05) is 18.5 Å². The van der Waals surface area contributed by atoms with Crippen LogP contribution in [0.3, 0.4) is 0 Å². The summed E-state index contributed by atoms with van der Waals surface area (Å²) < 4.78 is 38.0. The van der Waals surface area contributed by atoms with E-state index in [1.165, 1.54) is 28.6 Å². The van der Waals surface area contributed by atoms with Crippen LogP contribution in [0.4, 0.5) is 4.39 Å². The number of guanidine groups is 1. The van der Waals surface area contributed by atoms with E-state index in [2.05, 4.69) is 15.6 Å². The molecule has 0 fully saturated rings. The number of aryl methyl sites for hydroxylation is 1. The average Bonchev–Trinajstić information content (AvgIpc) is 2.96. The highest BCUT2D eigenvalue weighted by Gasteiger charge is 2.18. The van der Waals surface area contributed by atoms with Crippen LogP contribution in [0.25, 0.3) is 0 Å². The van der Waals surface area contributed by atoms with E-state index in [-0.39, 0.29) is 41.2 Å². The van der Waals surface area contributed by atoms with Gasteiger partial charge < -0.3 is 10.6 Å². The van der Waals surface area contributed by atoms with Crippen molar-refractivity contribution in [3.05, 3.63) is 52.0 Å². The molecule has 0 bridgehead atoms. The van der Waals surface area contributed by atoms with Crippen molar-refractivity contribution in [3.8, 4) is 0 Å². The fourth-order valence-electron chi connectivity index (χ4n) is 2.08. The third-order valence-electron chi connectivity index (χ3n) is 3.44. The van der Waals surface area contributed by atoms with Crippen LogP contribution in [-0.4, -0.2) is 33.7 Å². The molecule has 1 heterocycles. The minimum absolute atomic E-state index is 0. The summed E-state index contributed by atoms with van der Waals surface area (Å²) in [4.78, 5) is 4.97. The molecule has 0 atom stereocenters. The number of rotatable bonds is 6. The first-order valence-electron chi connectivity index (χ1n) is 7.39. The Morgan fingerprint density at radius 3 is 2.56 bits per heavy atom. The summed E-state index contributed by atoms with van der Waals surface area (Å²) in [6.07, 6.45) is 0. The van der Waals surface area contributed by atoms with E-state index in [1.54, 1.807) is 18.4 Å². The zero-order valence-electron chi connectivity index (χ0n) is 14.0. The van der Waals surface area contributed by atoms with Crippen LogP contribution in [0.1, 0.15) is 10.4 Å². The lowest BCUT2D eigenvalue weighted by molar-refractivity contribution is 0.566. The lowest BCUT2D eigenvalue weighted by Gasteiger charge is -2.12. The van der Waals surface area contributed by atoms with Gasteiger partial charge in [0.05, 0.1) is 12.3 Å². The topological polar surface area (TPSA) is 70.6 Å². The number of aliphatic imine (C=N–C) groups is 1. The maximum Gasteiger partial charge on any atom is 0.191 e. The van der Waals surface area contributed by atoms with Crippen molar-refractivity contribution in [2.75, 3.05) is 19.3 Å². The molecule has 0 aliphatic rings. The van der Waals surface area contributed by atoms with Gasteiger partial charge in [-0.05, 0) is 36.1 Å². The highest BCUT2D eigenvalue weighted by atomic mass is 127. The molecule has 2 N–H and O–H groups in total. The molecule has 0 spiro atoms. The first-order chi connectivity index (χ1) is 11.4. The second-order valence-electron chi connectivity index (χ2n) is 5.13. The summed E-state index contributed by atoms with van der Waals surface area (Å²) >= 11 is 1.65. The fourth-order valence-corrected chi connectivity index (χ4v) is 4.17. The van der Waals surface area contributed by atoms with E-state index in [0.717, 1.165) is 6.07 Å². The maximum absolute atomic E-state index is 13.6. The molecule has 0 saturated heterocycles. The number of sulfone groups is 1. The monoisotopic (exact) mass is 497 g/mol. The van der Waals surface area contributed by atoms with Gasteiger partial charge in [-0.25, -0.2) is 12.8 Å². The predicted octanol–water partition coefficient (Wildman–Crippen LogP) is 2.95. The zero-order chi connectivity index (χ0) is 17.6. The number of thiophene rings is 1. The van der Waals surface area contributed by atoms with Crippen LogP contribution in [-0.2, 0) is 16.4 Å². The van der Waals surface area contributed by atoms with Gasteiger partial charge in [-0.1, -0.05) is 12.1 Å². The van der Waals surface area contributed by atoms with Gasteiger partial charge in [-0.15, -0.1) is 35.3 Å². The number of hydrogen-bond acceptors (Lipinski definition) is 4. The van der Waals surface area contributed by atoms with Gasteiger partial charge in [0.15, 0.2) is 15.8 Å². The molecule has 1 aromatic heterocycles. The SMILES string of the molecule is CN=C(NCCS(=O)(=O)c1ccccc1F)NCc1sccc1C.I. The largest absolute Gasteiger partial charge is 0.355 e. The molecule has 2 aromatic rings. The molecule has 25 heavy (non-hydrogen) atoms. The van der Waals surface area contributed by atoms with Crippen LogP contribution in [0.2, 0.25) is 0 Å². The molecule has 2 rings (SSSR count). The number of nitrogens with zero attached hydrogens (tertiary/aromatic N) is 1. The Balaban J connectivity index is 0.00000312. The normalized spacial score (nSPS) is 11.7. The van der Waals surface area contributed by atoms with Crippen molar-refractivity contribution in [1.82, 2.24) is 10.6 Å². The second kappa shape index (κ2) is 10.1. The second-order valence-corrected chi connectivity index (χ2v) is 8.21. The molecule has 0 aliphatic carbocycles. The minimum atomic E-state index is -3.68. The van der Waals surface area contributed by atoms with Crippen LogP contribution < -0.4 is 10.6 Å². The molecule has 9 heteroatoms. The molecule has 138 valence electrons. The minimum Gasteiger partial charge on any atom is -0.355 e. The molecule has 0 saturated carbocycles. The zero-order valence-corrected chi connectivity index (χ0v) is 17.9. The first-order valence-corrected chi connectivity index (χ1v) is 9.92. The highest BCUT2D eigenvalue weighted by molar-refractivity contribution is 14.0. The van der Waals surface area contributed by atoms with E-state index < -0.39 is 15.7 Å². The molecular formula is C16H21FIN3O2S2. The summed E-state index contributed by atoms with van der Waals surface area (Å²) in [5.41, 5.74) is 1.20. The Kier molecular flexibility index (Phi) is 8.80. The van der Waals surface area contributed by atoms with Crippen LogP contribution >= 0.6 is 35.3 Å². The summed E-state index contributed by atoms with van der Waals surface area (Å²) in [5.74, 6) is -0.438. The van der Waals surface area contributed by atoms with Gasteiger partial charge in [-0.3, -0.25) is 4.99 Å². The smallest absolute Gasteiger partial charge is 0.191 e. The number of halogens is 2. The lowest BCUT2D eigenvalue weighted by Crippen LogP contribution is -2.39. The molecule has 0 radical (unpaired) electrons. The van der Waals surface area contributed by atoms with Crippen molar-refractivity contribution < 1.29 is 12.8 Å². The van der Waals surface area contributed by atoms with E-state index in [0.29, 0.717) is 12.5 Å². The first kappa shape index (κ1) is 21.8. The van der Waals surface area contributed by atoms with Crippen molar-refractivity contribution in [2.24, 2.45) is 4.99 Å². The molecular weight excluding hydrogens is 476 g/mol. The fraction of sp³-hybridized carbons (Fsp3) is 0.312. The van der Waals surface area contributed by atoms with Crippen molar-refractivity contribution in [3.63, 3.8) is 0 Å². The number of benzene rings is 1. The van der Waals surface area contributed by atoms with Crippen LogP contribution in [0.15, 0.2) is 45.6 Å². The lowest BCUT2D eigenvalue weighted by atomic mass is 10.3. The predicted molar refractivity (Wildman–Crippen MR) is 111 cm³/mol. The van der Waals surface area contributed by atoms with Gasteiger partial charge in [0.25, 0.3) is 0 Å². The quantitative estimate of drug-likeness (QED) is 0.366. The van der Waals surface area contributed by atoms with E-state index in [1.807, 2.05) is 18.4 Å². The summed E-state index contributed by atoms with van der Waals surface area (Å²) in [6, 6.07) is 7.43. The molecule has 0 unspecified atom stereocenters. The van der Waals surface area contributed by atoms with Gasteiger partial charge in [-0.2, -0.15) is 0 Å². The number of hydrogen-bond donors (Lipinski definition) is 2. The van der Waals surface area contributed by atoms with Gasteiger partial charge in [0.1, 0.15) is 10.7 Å². The highest BCUT2D eigenvalue weighted by Crippen LogP contribution is 2.15. The van der Waals surface area contributed by atoms with E-state index in [4.69, 9.17) is 0 Å². The summed E-state index contributed by atoms with van der Waals surface area (Å²) in [7, 11) is -2.06. The van der Waals surface area contributed by atoms with E-state index in [9.17, 15) is 12.8 Å². The van der Waals surface area contributed by atoms with Crippen LogP contribution in [0, 0.1) is 12.7 Å². The Labute approximate surface area is 168 Å². The van der Waals surface area contributed by atoms with E-state index >= 15 is 0 Å². The Hall–Kier alpha value is -1.20. The Bertz CT molecular complexity index is 822. The third-order valence-corrected chi connectivity index (χ3v) is 6.21. The maximum atomic E-state index is 13.6. The van der Waals surface area contributed by atoms with Gasteiger partial charge in [0.2, 0.25) is 0 Å². The molecule has 0 amide bonds. The summed E-state index contributed by atoms with van der Waals surface area (Å²) in [6.45, 7) is 2.79. The van der Waals surface area contributed by atoms with Crippen molar-refractivity contribution in [2.45, 2.75) is 18.4 Å². The molecule has 1 aromatic carbocycles. The van der Waals surface area contributed by atoms with Crippen LogP contribution in [0.5, 0.6) is 0 Å². The molecule has 5 nitrogen and oxygen atoms in total. The molecule has 0 aliphatic heterocycles. The standard InChI is InChI=1S/C16H20FN3O2S2.HI/c1-12-7-9-23-14(12)11-20-16(18-2)19-8-10-24(21,22)15-6-4-3-5-13(15)17;/h3-7,9H,8,10-11H2,1-2H3,(H2,18,19,20);1H. The van der Waals surface area contributed by atoms with Gasteiger partial charge >= 0.3 is 0 Å². The Morgan fingerprint density at radius 1 is 1.24 bits per heavy atom. The Morgan fingerprint density at radius 2 is 1.96 bits per heavy atom. The van der Waals surface area contributed by atoms with Crippen molar-refractivity contribution >= 4 is 51.1 Å². The third kappa shape index (κ3) is 6.23. The summed E-state index contributed by atoms with van der Waals surface area (Å²) in [5, 5.41) is 8.09. The average molecular weight is 497 g/mol. The number of nitrogens with one attached hydrogen (secondary N) is 2.